The number of allylic oxidation sites excluding steroid dienone is 2. The lowest BCUT2D eigenvalue weighted by molar-refractivity contribution is -0.142. The molecule has 5 nitrogen and oxygen atoms in total. The van der Waals surface area contributed by atoms with E-state index in [2.05, 4.69) is 9.97 Å². The first-order chi connectivity index (χ1) is 9.15. The number of carboxylic acid groups (broad SMARTS) is 1. The van der Waals surface area contributed by atoms with Gasteiger partial charge in [0.25, 0.3) is 0 Å². The number of aromatic nitrogens is 2. The SMILES string of the molecule is Cc1ccc2oc([C@@H]3CC=CC[C@@H]3C(=O)O)nc2n1. The van der Waals surface area contributed by atoms with Gasteiger partial charge in [0.15, 0.2) is 11.2 Å². The first-order valence-electron chi connectivity index (χ1n) is 6.27. The topological polar surface area (TPSA) is 76.2 Å². The van der Waals surface area contributed by atoms with Crippen molar-refractivity contribution in [1.29, 1.82) is 0 Å². The maximum Gasteiger partial charge on any atom is 0.307 e. The number of pyridine rings is 1. The standard InChI is InChI=1S/C14H14N2O3/c1-8-6-7-11-12(15-8)16-13(19-11)9-4-2-3-5-10(9)14(17)18/h2-3,6-7,9-10H,4-5H2,1H3,(H,17,18)/t9-,10+/m1/s1. The van der Waals surface area contributed by atoms with Crippen molar-refractivity contribution in [3.63, 3.8) is 0 Å². The van der Waals surface area contributed by atoms with E-state index in [0.717, 1.165) is 5.69 Å². The van der Waals surface area contributed by atoms with Crippen LogP contribution in [0.25, 0.3) is 11.2 Å². The third-order valence-corrected chi connectivity index (χ3v) is 3.48. The Morgan fingerprint density at radius 3 is 2.89 bits per heavy atom. The van der Waals surface area contributed by atoms with E-state index in [0.29, 0.717) is 30.0 Å². The summed E-state index contributed by atoms with van der Waals surface area (Å²) in [4.78, 5) is 19.9. The highest BCUT2D eigenvalue weighted by Gasteiger charge is 2.33. The van der Waals surface area contributed by atoms with Crippen LogP contribution in [0.5, 0.6) is 0 Å². The van der Waals surface area contributed by atoms with Gasteiger partial charge in [-0.05, 0) is 31.9 Å². The van der Waals surface area contributed by atoms with Crippen molar-refractivity contribution in [3.05, 3.63) is 35.9 Å². The van der Waals surface area contributed by atoms with E-state index in [1.165, 1.54) is 0 Å². The number of aryl methyl sites for hydroxylation is 1. The van der Waals surface area contributed by atoms with Gasteiger partial charge >= 0.3 is 5.97 Å². The molecule has 0 fully saturated rings. The van der Waals surface area contributed by atoms with E-state index >= 15 is 0 Å². The van der Waals surface area contributed by atoms with Crippen LogP contribution in [0, 0.1) is 12.8 Å². The van der Waals surface area contributed by atoms with Gasteiger partial charge in [-0.25, -0.2) is 4.98 Å². The molecule has 2 atom stereocenters. The zero-order valence-corrected chi connectivity index (χ0v) is 10.5. The van der Waals surface area contributed by atoms with Gasteiger partial charge in [0, 0.05) is 5.69 Å². The summed E-state index contributed by atoms with van der Waals surface area (Å²) in [7, 11) is 0. The van der Waals surface area contributed by atoms with Crippen LogP contribution >= 0.6 is 0 Å². The van der Waals surface area contributed by atoms with Crippen LogP contribution in [0.2, 0.25) is 0 Å². The summed E-state index contributed by atoms with van der Waals surface area (Å²) in [6.07, 6.45) is 5.05. The van der Waals surface area contributed by atoms with Crippen molar-refractivity contribution in [2.45, 2.75) is 25.7 Å². The van der Waals surface area contributed by atoms with Crippen molar-refractivity contribution in [3.8, 4) is 0 Å². The van der Waals surface area contributed by atoms with Gasteiger partial charge in [-0.2, -0.15) is 4.98 Å². The van der Waals surface area contributed by atoms with Gasteiger partial charge in [0.05, 0.1) is 11.8 Å². The fraction of sp³-hybridized carbons (Fsp3) is 0.357. The van der Waals surface area contributed by atoms with E-state index in [-0.39, 0.29) is 5.92 Å². The number of hydrogen-bond donors (Lipinski definition) is 1. The van der Waals surface area contributed by atoms with Crippen LogP contribution in [0.1, 0.15) is 30.3 Å². The van der Waals surface area contributed by atoms with E-state index in [4.69, 9.17) is 4.42 Å². The second-order valence-corrected chi connectivity index (χ2v) is 4.82. The molecule has 0 amide bonds. The summed E-state index contributed by atoms with van der Waals surface area (Å²) in [6, 6.07) is 3.68. The predicted octanol–water partition coefficient (Wildman–Crippen LogP) is 2.67. The summed E-state index contributed by atoms with van der Waals surface area (Å²) in [6.45, 7) is 1.89. The molecule has 0 radical (unpaired) electrons. The van der Waals surface area contributed by atoms with Gasteiger partial charge in [0.1, 0.15) is 0 Å². The summed E-state index contributed by atoms with van der Waals surface area (Å²) < 4.78 is 5.67. The Hall–Kier alpha value is -2.17. The smallest absolute Gasteiger partial charge is 0.307 e. The number of carbonyl (C=O) groups is 1. The normalized spacial score (nSPS) is 22.8. The number of hydrogen-bond acceptors (Lipinski definition) is 4. The summed E-state index contributed by atoms with van der Waals surface area (Å²) in [5.74, 6) is -1.01. The Kier molecular flexibility index (Phi) is 2.81. The minimum Gasteiger partial charge on any atom is -0.481 e. The Morgan fingerprint density at radius 2 is 2.11 bits per heavy atom. The predicted molar refractivity (Wildman–Crippen MR) is 68.8 cm³/mol. The van der Waals surface area contributed by atoms with E-state index < -0.39 is 11.9 Å². The van der Waals surface area contributed by atoms with Crippen molar-refractivity contribution in [2.75, 3.05) is 0 Å². The maximum atomic E-state index is 11.3. The van der Waals surface area contributed by atoms with Crippen LogP contribution in [-0.4, -0.2) is 21.0 Å². The second-order valence-electron chi connectivity index (χ2n) is 4.82. The van der Waals surface area contributed by atoms with E-state index in [9.17, 15) is 9.90 Å². The number of rotatable bonds is 2. The van der Waals surface area contributed by atoms with Crippen LogP contribution in [0.3, 0.4) is 0 Å². The highest BCUT2D eigenvalue weighted by molar-refractivity contribution is 5.72. The average molecular weight is 258 g/mol. The van der Waals surface area contributed by atoms with E-state index in [1.54, 1.807) is 0 Å². The molecule has 1 N–H and O–H groups in total. The quantitative estimate of drug-likeness (QED) is 0.838. The van der Waals surface area contributed by atoms with Crippen molar-refractivity contribution < 1.29 is 14.3 Å². The zero-order chi connectivity index (χ0) is 13.4. The first-order valence-corrected chi connectivity index (χ1v) is 6.27. The molecule has 1 aliphatic rings. The molecule has 1 aliphatic carbocycles. The fourth-order valence-electron chi connectivity index (χ4n) is 2.45. The number of aliphatic carboxylic acids is 1. The number of nitrogens with zero attached hydrogens (tertiary/aromatic N) is 2. The Bertz CT molecular complexity index is 660. The Morgan fingerprint density at radius 1 is 1.32 bits per heavy atom. The van der Waals surface area contributed by atoms with Crippen LogP contribution in [0.4, 0.5) is 0 Å². The Labute approximate surface area is 110 Å². The third-order valence-electron chi connectivity index (χ3n) is 3.48. The van der Waals surface area contributed by atoms with Crippen molar-refractivity contribution in [2.24, 2.45) is 5.92 Å². The molecule has 0 saturated carbocycles. The summed E-state index contributed by atoms with van der Waals surface area (Å²) in [5.41, 5.74) is 2.03. The third kappa shape index (κ3) is 2.12. The molecule has 0 aromatic carbocycles. The molecule has 2 aromatic heterocycles. The summed E-state index contributed by atoms with van der Waals surface area (Å²) in [5, 5.41) is 9.27. The lowest BCUT2D eigenvalue weighted by Crippen LogP contribution is -2.23. The molecule has 0 saturated heterocycles. The lowest BCUT2D eigenvalue weighted by atomic mass is 9.83. The molecule has 3 rings (SSSR count). The van der Waals surface area contributed by atoms with Crippen molar-refractivity contribution >= 4 is 17.2 Å². The monoisotopic (exact) mass is 258 g/mol. The van der Waals surface area contributed by atoms with Crippen LogP contribution in [-0.2, 0) is 4.79 Å². The molecule has 2 aromatic rings. The molecular weight excluding hydrogens is 244 g/mol. The number of oxazole rings is 1. The molecular formula is C14H14N2O3. The molecule has 0 spiro atoms. The molecule has 5 heteroatoms. The minimum absolute atomic E-state index is 0.211. The number of carboxylic acids is 1. The summed E-state index contributed by atoms with van der Waals surface area (Å²) >= 11 is 0. The fourth-order valence-corrected chi connectivity index (χ4v) is 2.45. The molecule has 0 bridgehead atoms. The minimum atomic E-state index is -0.805. The van der Waals surface area contributed by atoms with Crippen molar-refractivity contribution in [1.82, 2.24) is 9.97 Å². The van der Waals surface area contributed by atoms with Gasteiger partial charge in [0.2, 0.25) is 5.89 Å². The molecule has 2 heterocycles. The second kappa shape index (κ2) is 4.50. The average Bonchev–Trinajstić information content (AvgIpc) is 2.81. The van der Waals surface area contributed by atoms with E-state index in [1.807, 2.05) is 31.2 Å². The number of fused-ring (bicyclic) bond motifs is 1. The first kappa shape index (κ1) is 11.9. The highest BCUT2D eigenvalue weighted by Crippen LogP contribution is 2.35. The maximum absolute atomic E-state index is 11.3. The van der Waals surface area contributed by atoms with Gasteiger partial charge in [-0.15, -0.1) is 0 Å². The van der Waals surface area contributed by atoms with Crippen LogP contribution in [0.15, 0.2) is 28.7 Å². The van der Waals surface area contributed by atoms with Gasteiger partial charge in [-0.1, -0.05) is 12.2 Å². The Balaban J connectivity index is 2.02. The zero-order valence-electron chi connectivity index (χ0n) is 10.5. The van der Waals surface area contributed by atoms with Gasteiger partial charge in [-0.3, -0.25) is 4.79 Å². The molecule has 98 valence electrons. The van der Waals surface area contributed by atoms with Crippen LogP contribution < -0.4 is 0 Å². The molecule has 0 unspecified atom stereocenters. The molecule has 19 heavy (non-hydrogen) atoms. The highest BCUT2D eigenvalue weighted by atomic mass is 16.4. The van der Waals surface area contributed by atoms with Gasteiger partial charge < -0.3 is 9.52 Å². The largest absolute Gasteiger partial charge is 0.481 e. The molecule has 0 aliphatic heterocycles. The lowest BCUT2D eigenvalue weighted by Gasteiger charge is -2.21.